The number of phenols is 1. The molecule has 2 nitrogen and oxygen atoms in total. The first-order chi connectivity index (χ1) is 10.4. The van der Waals surface area contributed by atoms with Crippen molar-refractivity contribution >= 4 is 30.5 Å². The van der Waals surface area contributed by atoms with Gasteiger partial charge in [-0.2, -0.15) is 0 Å². The average Bonchev–Trinajstić information content (AvgIpc) is 2.43. The molecule has 0 aliphatic rings. The van der Waals surface area contributed by atoms with Gasteiger partial charge in [-0.3, -0.25) is 0 Å². The molecule has 0 atom stereocenters. The molecule has 2 rings (SSSR count). The van der Waals surface area contributed by atoms with Gasteiger partial charge >= 0.3 is 35.6 Å². The Balaban J connectivity index is 0.000000745. The summed E-state index contributed by atoms with van der Waals surface area (Å²) in [4.78, 5) is 3.62. The second-order valence-corrected chi connectivity index (χ2v) is 6.64. The summed E-state index contributed by atoms with van der Waals surface area (Å²) in [6, 6.07) is 6.00. The van der Waals surface area contributed by atoms with Crippen LogP contribution in [0.4, 0.5) is 18.9 Å². The molecule has 22 heavy (non-hydrogen) atoms. The number of rotatable bonds is 2. The van der Waals surface area contributed by atoms with Crippen molar-refractivity contribution < 1.29 is 35.3 Å². The van der Waals surface area contributed by atoms with Gasteiger partial charge in [0.05, 0.1) is 0 Å². The molecule has 2 aromatic rings. The van der Waals surface area contributed by atoms with Gasteiger partial charge in [-0.15, -0.1) is 0 Å². The topological polar surface area (TPSA) is 32.6 Å². The van der Waals surface area contributed by atoms with Crippen molar-refractivity contribution in [1.82, 2.24) is 0 Å². The molecule has 2 aromatic carbocycles. The standard InChI is InChI=1S/C14H10F3NO.2ClH.Ti/c1-8-3-2-4-9(14(8)19)7-18-13-11(16)5-10(15)6-12(13)17;;;/h2-7,19H,1H3;2*1H;/q;;;+2/p-2. The number of aryl methyl sites for hydroxylation is 1. The van der Waals surface area contributed by atoms with Gasteiger partial charge < -0.3 is 5.11 Å². The second-order valence-electron chi connectivity index (χ2n) is 4.06. The molecule has 0 aliphatic carbocycles. The fourth-order valence-electron chi connectivity index (χ4n) is 1.58. The molecule has 0 aromatic heterocycles. The summed E-state index contributed by atoms with van der Waals surface area (Å²) in [5.74, 6) is -3.22. The molecule has 1 N–H and O–H groups in total. The van der Waals surface area contributed by atoms with Gasteiger partial charge in [0.2, 0.25) is 0 Å². The summed E-state index contributed by atoms with van der Waals surface area (Å²) in [7, 11) is 9.78. The van der Waals surface area contributed by atoms with Gasteiger partial charge in [0.15, 0.2) is 11.6 Å². The number of aliphatic imine (C=N–C) groups is 1. The predicted octanol–water partition coefficient (Wildman–Crippen LogP) is 5.25. The van der Waals surface area contributed by atoms with Crippen LogP contribution >= 0.6 is 18.6 Å². The molecule has 0 saturated carbocycles. The van der Waals surface area contributed by atoms with Crippen LogP contribution in [0.25, 0.3) is 0 Å². The van der Waals surface area contributed by atoms with E-state index in [0.29, 0.717) is 23.3 Å². The molecule has 0 unspecified atom stereocenters. The molecule has 116 valence electrons. The average molecular weight is 384 g/mol. The van der Waals surface area contributed by atoms with Crippen LogP contribution in [-0.4, -0.2) is 11.3 Å². The second kappa shape index (κ2) is 9.20. The third-order valence-corrected chi connectivity index (χ3v) is 2.58. The van der Waals surface area contributed by atoms with Gasteiger partial charge in [0.25, 0.3) is 0 Å². The van der Waals surface area contributed by atoms with Crippen LogP contribution in [0, 0.1) is 24.4 Å². The van der Waals surface area contributed by atoms with E-state index in [-0.39, 0.29) is 5.75 Å². The monoisotopic (exact) mass is 383 g/mol. The van der Waals surface area contributed by atoms with E-state index in [9.17, 15) is 18.3 Å². The summed E-state index contributed by atoms with van der Waals surface area (Å²) in [6.45, 7) is 1.69. The summed E-state index contributed by atoms with van der Waals surface area (Å²) >= 11 is -0.556. The van der Waals surface area contributed by atoms with E-state index in [1.54, 1.807) is 25.1 Å². The van der Waals surface area contributed by atoms with Crippen LogP contribution in [0.1, 0.15) is 11.1 Å². The third-order valence-electron chi connectivity index (χ3n) is 2.58. The molecule has 0 saturated heterocycles. The molecular weight excluding hydrogens is 374 g/mol. The normalized spacial score (nSPS) is 10.3. The van der Waals surface area contributed by atoms with E-state index in [1.165, 1.54) is 0 Å². The number of hydrogen-bond donors (Lipinski definition) is 1. The van der Waals surface area contributed by atoms with Crippen LogP contribution in [0.2, 0.25) is 0 Å². The fourth-order valence-corrected chi connectivity index (χ4v) is 1.58. The van der Waals surface area contributed by atoms with E-state index in [1.807, 2.05) is 0 Å². The van der Waals surface area contributed by atoms with Crippen molar-refractivity contribution in [2.24, 2.45) is 4.99 Å². The van der Waals surface area contributed by atoms with Crippen LogP contribution in [0.5, 0.6) is 5.75 Å². The van der Waals surface area contributed by atoms with Crippen molar-refractivity contribution in [3.05, 3.63) is 58.9 Å². The molecule has 0 heterocycles. The van der Waals surface area contributed by atoms with Crippen LogP contribution in [0.15, 0.2) is 35.3 Å². The first-order valence-corrected chi connectivity index (χ1v) is 10.1. The van der Waals surface area contributed by atoms with Crippen molar-refractivity contribution in [2.75, 3.05) is 0 Å². The Morgan fingerprint density at radius 2 is 1.68 bits per heavy atom. The van der Waals surface area contributed by atoms with Gasteiger partial charge in [-0.25, -0.2) is 18.2 Å². The zero-order valence-electron chi connectivity index (χ0n) is 11.2. The summed E-state index contributed by atoms with van der Waals surface area (Å²) in [5, 5.41) is 9.72. The number of para-hydroxylation sites is 1. The Labute approximate surface area is 142 Å². The molecule has 0 radical (unpaired) electrons. The maximum atomic E-state index is 13.3. The molecule has 0 amide bonds. The van der Waals surface area contributed by atoms with E-state index >= 15 is 0 Å². The van der Waals surface area contributed by atoms with E-state index in [0.717, 1.165) is 6.21 Å². The summed E-state index contributed by atoms with van der Waals surface area (Å²) < 4.78 is 39.4. The third kappa shape index (κ3) is 5.32. The van der Waals surface area contributed by atoms with Gasteiger partial charge in [-0.05, 0) is 18.6 Å². The Hall–Kier alpha value is -1.01. The number of aromatic hydroxyl groups is 1. The number of benzene rings is 2. The van der Waals surface area contributed by atoms with E-state index in [4.69, 9.17) is 18.6 Å². The first-order valence-electron chi connectivity index (χ1n) is 5.84. The Morgan fingerprint density at radius 1 is 1.14 bits per heavy atom. The molecule has 8 heteroatoms. The van der Waals surface area contributed by atoms with Crippen molar-refractivity contribution in [3.63, 3.8) is 0 Å². The number of halogens is 5. The number of phenolic OH excluding ortho intramolecular Hbond substituents is 1. The van der Waals surface area contributed by atoms with E-state index in [2.05, 4.69) is 4.99 Å². The molecular formula is C14H10Cl2F3NOTi. The molecule has 0 aliphatic heterocycles. The van der Waals surface area contributed by atoms with Gasteiger partial charge in [-0.1, -0.05) is 12.1 Å². The molecule has 0 spiro atoms. The summed E-state index contributed by atoms with van der Waals surface area (Å²) in [5.41, 5.74) is 0.342. The van der Waals surface area contributed by atoms with Crippen LogP contribution in [0.3, 0.4) is 0 Å². The van der Waals surface area contributed by atoms with Crippen molar-refractivity contribution in [2.45, 2.75) is 6.92 Å². The predicted molar refractivity (Wildman–Crippen MR) is 78.1 cm³/mol. The van der Waals surface area contributed by atoms with Crippen molar-refractivity contribution in [3.8, 4) is 5.75 Å². The Kier molecular flexibility index (Phi) is 7.97. The quantitative estimate of drug-likeness (QED) is 0.557. The number of nitrogens with zero attached hydrogens (tertiary/aromatic N) is 1. The van der Waals surface area contributed by atoms with Gasteiger partial charge in [0.1, 0.15) is 17.3 Å². The SMILES string of the molecule is Cc1cccc(C=Nc2c(F)cc(F)cc2F)c1O.[Cl][Ti][Cl]. The van der Waals surface area contributed by atoms with Gasteiger partial charge in [0, 0.05) is 23.9 Å². The minimum absolute atomic E-state index is 0.0193. The molecule has 0 fully saturated rings. The number of hydrogen-bond acceptors (Lipinski definition) is 2. The summed E-state index contributed by atoms with van der Waals surface area (Å²) in [6.07, 6.45) is 1.13. The Bertz CT molecular complexity index is 660. The van der Waals surface area contributed by atoms with E-state index < -0.39 is 40.2 Å². The minimum atomic E-state index is -1.10. The van der Waals surface area contributed by atoms with Crippen LogP contribution in [-0.2, 0) is 17.0 Å². The maximum absolute atomic E-state index is 13.3. The van der Waals surface area contributed by atoms with Crippen LogP contribution < -0.4 is 0 Å². The first kappa shape index (κ1) is 19.0. The zero-order valence-corrected chi connectivity index (χ0v) is 14.3. The zero-order chi connectivity index (χ0) is 16.7. The molecule has 0 bridgehead atoms. The van der Waals surface area contributed by atoms with Crippen molar-refractivity contribution in [1.29, 1.82) is 0 Å². The Morgan fingerprint density at radius 3 is 2.23 bits per heavy atom. The fraction of sp³-hybridized carbons (Fsp3) is 0.0714.